The van der Waals surface area contributed by atoms with Gasteiger partial charge in [-0.15, -0.1) is 11.8 Å². The van der Waals surface area contributed by atoms with E-state index >= 15 is 0 Å². The molecule has 80 valence electrons. The fourth-order valence-electron chi connectivity index (χ4n) is 1.17. The molecule has 1 saturated heterocycles. The average molecular weight is 217 g/mol. The van der Waals surface area contributed by atoms with Gasteiger partial charge < -0.3 is 4.74 Å². The van der Waals surface area contributed by atoms with Gasteiger partial charge in [-0.1, -0.05) is 13.3 Å². The summed E-state index contributed by atoms with van der Waals surface area (Å²) >= 11 is 1.30. The van der Waals surface area contributed by atoms with Crippen molar-refractivity contribution in [2.24, 2.45) is 0 Å². The zero-order valence-electron chi connectivity index (χ0n) is 8.25. The Morgan fingerprint density at radius 1 is 1.71 bits per heavy atom. The molecule has 0 aromatic carbocycles. The van der Waals surface area contributed by atoms with Crippen LogP contribution in [-0.4, -0.2) is 36.0 Å². The number of esters is 1. The SMILES string of the molecule is CCCCOC(=O)C1(C=O)NCCS1. The lowest BCUT2D eigenvalue weighted by Gasteiger charge is -2.19. The van der Waals surface area contributed by atoms with Crippen molar-refractivity contribution >= 4 is 24.0 Å². The molecule has 1 unspecified atom stereocenters. The lowest BCUT2D eigenvalue weighted by atomic mass is 10.3. The summed E-state index contributed by atoms with van der Waals surface area (Å²) in [5.74, 6) is 0.310. The van der Waals surface area contributed by atoms with Gasteiger partial charge >= 0.3 is 5.97 Å². The number of thioether (sulfide) groups is 1. The van der Waals surface area contributed by atoms with Gasteiger partial charge in [0.2, 0.25) is 4.87 Å². The van der Waals surface area contributed by atoms with Gasteiger partial charge in [0.25, 0.3) is 0 Å². The normalized spacial score (nSPS) is 26.1. The van der Waals surface area contributed by atoms with Crippen LogP contribution in [0.25, 0.3) is 0 Å². The minimum Gasteiger partial charge on any atom is -0.463 e. The highest BCUT2D eigenvalue weighted by molar-refractivity contribution is 8.02. The number of hydrogen-bond acceptors (Lipinski definition) is 5. The Labute approximate surface area is 87.8 Å². The molecule has 5 heteroatoms. The van der Waals surface area contributed by atoms with Gasteiger partial charge in [-0.25, -0.2) is 4.79 Å². The number of hydrogen-bond donors (Lipinski definition) is 1. The van der Waals surface area contributed by atoms with Crippen LogP contribution in [0.3, 0.4) is 0 Å². The molecular weight excluding hydrogens is 202 g/mol. The van der Waals surface area contributed by atoms with E-state index in [9.17, 15) is 9.59 Å². The Hall–Kier alpha value is -0.550. The minimum atomic E-state index is -1.13. The zero-order valence-corrected chi connectivity index (χ0v) is 9.06. The quantitative estimate of drug-likeness (QED) is 0.316. The van der Waals surface area contributed by atoms with E-state index in [4.69, 9.17) is 4.74 Å². The van der Waals surface area contributed by atoms with Crippen LogP contribution in [0.2, 0.25) is 0 Å². The number of nitrogens with one attached hydrogen (secondary N) is 1. The maximum atomic E-state index is 11.5. The maximum absolute atomic E-state index is 11.5. The Balaban J connectivity index is 2.44. The molecule has 0 aromatic heterocycles. The topological polar surface area (TPSA) is 55.4 Å². The summed E-state index contributed by atoms with van der Waals surface area (Å²) in [6, 6.07) is 0. The molecule has 4 nitrogen and oxygen atoms in total. The first-order valence-electron chi connectivity index (χ1n) is 4.77. The fourth-order valence-corrected chi connectivity index (χ4v) is 2.15. The largest absolute Gasteiger partial charge is 0.463 e. The summed E-state index contributed by atoms with van der Waals surface area (Å²) in [7, 11) is 0. The molecule has 0 saturated carbocycles. The van der Waals surface area contributed by atoms with Crippen LogP contribution in [0.1, 0.15) is 19.8 Å². The van der Waals surface area contributed by atoms with Crippen LogP contribution in [0, 0.1) is 0 Å². The molecular formula is C9H15NO3S. The molecule has 0 spiro atoms. The van der Waals surface area contributed by atoms with Gasteiger partial charge in [0.05, 0.1) is 6.61 Å². The van der Waals surface area contributed by atoms with Gasteiger partial charge in [-0.2, -0.15) is 0 Å². The van der Waals surface area contributed by atoms with Crippen molar-refractivity contribution in [3.63, 3.8) is 0 Å². The van der Waals surface area contributed by atoms with Gasteiger partial charge in [-0.3, -0.25) is 10.1 Å². The third-order valence-electron chi connectivity index (χ3n) is 2.02. The van der Waals surface area contributed by atoms with E-state index in [1.807, 2.05) is 6.92 Å². The van der Waals surface area contributed by atoms with Crippen LogP contribution in [0.5, 0.6) is 0 Å². The molecule has 1 rings (SSSR count). The summed E-state index contributed by atoms with van der Waals surface area (Å²) < 4.78 is 5.01. The number of unbranched alkanes of at least 4 members (excludes halogenated alkanes) is 1. The van der Waals surface area contributed by atoms with E-state index in [0.717, 1.165) is 18.6 Å². The molecule has 14 heavy (non-hydrogen) atoms. The predicted octanol–water partition coefficient (Wildman–Crippen LogP) is 0.561. The lowest BCUT2D eigenvalue weighted by Crippen LogP contribution is -2.47. The average Bonchev–Trinajstić information content (AvgIpc) is 2.67. The second kappa shape index (κ2) is 5.36. The summed E-state index contributed by atoms with van der Waals surface area (Å²) in [5.41, 5.74) is 0. The maximum Gasteiger partial charge on any atom is 0.344 e. The molecule has 1 N–H and O–H groups in total. The Kier molecular flexibility index (Phi) is 4.41. The second-order valence-electron chi connectivity index (χ2n) is 3.12. The van der Waals surface area contributed by atoms with Crippen molar-refractivity contribution in [1.29, 1.82) is 0 Å². The van der Waals surface area contributed by atoms with E-state index in [-0.39, 0.29) is 0 Å². The first-order valence-corrected chi connectivity index (χ1v) is 5.76. The summed E-state index contributed by atoms with van der Waals surface area (Å²) in [4.78, 5) is 21.2. The first kappa shape index (κ1) is 11.5. The van der Waals surface area contributed by atoms with Gasteiger partial charge in [0.1, 0.15) is 0 Å². The van der Waals surface area contributed by atoms with Crippen molar-refractivity contribution in [2.75, 3.05) is 18.9 Å². The van der Waals surface area contributed by atoms with Crippen LogP contribution < -0.4 is 5.32 Å². The highest BCUT2D eigenvalue weighted by Crippen LogP contribution is 2.26. The van der Waals surface area contributed by atoms with Crippen molar-refractivity contribution in [3.05, 3.63) is 0 Å². The molecule has 0 radical (unpaired) electrons. The summed E-state index contributed by atoms with van der Waals surface area (Å²) in [6.45, 7) is 3.09. The smallest absolute Gasteiger partial charge is 0.344 e. The van der Waals surface area contributed by atoms with E-state index in [2.05, 4.69) is 5.32 Å². The van der Waals surface area contributed by atoms with E-state index in [0.29, 0.717) is 19.4 Å². The number of ether oxygens (including phenoxy) is 1. The van der Waals surface area contributed by atoms with Gasteiger partial charge in [-0.05, 0) is 6.42 Å². The number of rotatable bonds is 5. The van der Waals surface area contributed by atoms with Crippen LogP contribution in [-0.2, 0) is 14.3 Å². The van der Waals surface area contributed by atoms with Crippen molar-refractivity contribution in [2.45, 2.75) is 24.6 Å². The number of carbonyl (C=O) groups is 2. The molecule has 1 aliphatic rings. The van der Waals surface area contributed by atoms with Gasteiger partial charge in [0, 0.05) is 12.3 Å². The molecule has 0 amide bonds. The molecule has 1 fully saturated rings. The number of aldehydes is 1. The Bertz CT molecular complexity index is 214. The third-order valence-corrected chi connectivity index (χ3v) is 3.29. The Morgan fingerprint density at radius 2 is 2.50 bits per heavy atom. The van der Waals surface area contributed by atoms with E-state index in [1.54, 1.807) is 0 Å². The van der Waals surface area contributed by atoms with Crippen LogP contribution >= 0.6 is 11.8 Å². The number of carbonyl (C=O) groups excluding carboxylic acids is 2. The monoisotopic (exact) mass is 217 g/mol. The summed E-state index contributed by atoms with van der Waals surface area (Å²) in [5, 5.41) is 2.87. The second-order valence-corrected chi connectivity index (χ2v) is 4.46. The predicted molar refractivity (Wildman–Crippen MR) is 55.1 cm³/mol. The third kappa shape index (κ3) is 2.48. The molecule has 0 aromatic rings. The van der Waals surface area contributed by atoms with Crippen molar-refractivity contribution in [1.82, 2.24) is 5.32 Å². The minimum absolute atomic E-state index is 0.396. The zero-order chi connectivity index (χ0) is 10.4. The lowest BCUT2D eigenvalue weighted by molar-refractivity contribution is -0.148. The molecule has 1 atom stereocenters. The fraction of sp³-hybridized carbons (Fsp3) is 0.778. The first-order chi connectivity index (χ1) is 6.75. The van der Waals surface area contributed by atoms with E-state index < -0.39 is 10.8 Å². The van der Waals surface area contributed by atoms with Crippen LogP contribution in [0.4, 0.5) is 0 Å². The Morgan fingerprint density at radius 3 is 3.00 bits per heavy atom. The van der Waals surface area contributed by atoms with Crippen molar-refractivity contribution < 1.29 is 14.3 Å². The summed E-state index contributed by atoms with van der Waals surface area (Å²) in [6.07, 6.45) is 2.45. The van der Waals surface area contributed by atoms with Crippen molar-refractivity contribution in [3.8, 4) is 0 Å². The molecule has 1 aliphatic heterocycles. The highest BCUT2D eigenvalue weighted by Gasteiger charge is 2.43. The highest BCUT2D eigenvalue weighted by atomic mass is 32.2. The van der Waals surface area contributed by atoms with Crippen LogP contribution in [0.15, 0.2) is 0 Å². The molecule has 1 heterocycles. The molecule has 0 aliphatic carbocycles. The van der Waals surface area contributed by atoms with Gasteiger partial charge in [0.15, 0.2) is 6.29 Å². The molecule has 0 bridgehead atoms. The van der Waals surface area contributed by atoms with E-state index in [1.165, 1.54) is 11.8 Å². The standard InChI is InChI=1S/C9H15NO3S/c1-2-3-5-13-8(12)9(7-11)10-4-6-14-9/h7,10H,2-6H2,1H3.